The van der Waals surface area contributed by atoms with E-state index >= 15 is 0 Å². The van der Waals surface area contributed by atoms with E-state index in [0.717, 1.165) is 70.8 Å². The number of aliphatic hydroxyl groups is 5. The number of unbranched alkanes of at least 4 members (excludes halogenated alkanes) is 20. The summed E-state index contributed by atoms with van der Waals surface area (Å²) in [5, 5.41) is 49.9. The molecule has 0 aromatic rings. The molecule has 1 saturated carbocycles. The summed E-state index contributed by atoms with van der Waals surface area (Å²) in [6.45, 7) is 1.77. The lowest BCUT2D eigenvalue weighted by atomic mass is 9.85. The third kappa shape index (κ3) is 22.9. The molecule has 0 radical (unpaired) electrons. The first-order chi connectivity index (χ1) is 24.9. The molecular weight excluding hydrogens is 697 g/mol. The SMILES string of the molecule is CCCCCCCCCCCCCCCC(=O)O[C@H](COC(=O)CCCCCCCCCCCN)COP(=O)(O)OC1[C@H](O)[C@H](O)C(O)[C@H](O)[C@H]1O. The summed E-state index contributed by atoms with van der Waals surface area (Å²) in [4.78, 5) is 35.4. The fourth-order valence-corrected chi connectivity index (χ4v) is 7.21. The topological polar surface area (TPSA) is 236 Å². The van der Waals surface area contributed by atoms with Crippen LogP contribution in [0.1, 0.15) is 161 Å². The number of carbonyl (C=O) groups is 2. The first-order valence-corrected chi connectivity index (χ1v) is 21.5. The van der Waals surface area contributed by atoms with Crippen LogP contribution in [0.15, 0.2) is 0 Å². The predicted octanol–water partition coefficient (Wildman–Crippen LogP) is 5.10. The van der Waals surface area contributed by atoms with Gasteiger partial charge in [0.25, 0.3) is 0 Å². The van der Waals surface area contributed by atoms with Gasteiger partial charge in [0.1, 0.15) is 43.2 Å². The number of phosphoric ester groups is 1. The molecule has 0 spiro atoms. The summed E-state index contributed by atoms with van der Waals surface area (Å²) in [5.74, 6) is -1.11. The molecule has 308 valence electrons. The molecule has 0 aromatic carbocycles. The summed E-state index contributed by atoms with van der Waals surface area (Å²) >= 11 is 0. The quantitative estimate of drug-likeness (QED) is 0.0261. The number of esters is 2. The minimum Gasteiger partial charge on any atom is -0.462 e. The molecule has 0 amide bonds. The highest BCUT2D eigenvalue weighted by atomic mass is 31.2. The third-order valence-electron chi connectivity index (χ3n) is 9.55. The average Bonchev–Trinajstić information content (AvgIpc) is 3.12. The number of hydrogen-bond donors (Lipinski definition) is 7. The van der Waals surface area contributed by atoms with E-state index in [1.807, 2.05) is 0 Å². The Hall–Kier alpha value is -1.19. The smallest absolute Gasteiger partial charge is 0.462 e. The van der Waals surface area contributed by atoms with Crippen molar-refractivity contribution < 1.29 is 63.1 Å². The molecule has 15 heteroatoms. The third-order valence-corrected chi connectivity index (χ3v) is 10.5. The number of ether oxygens (including phenoxy) is 2. The van der Waals surface area contributed by atoms with Crippen molar-refractivity contribution in [2.75, 3.05) is 19.8 Å². The zero-order valence-electron chi connectivity index (χ0n) is 31.7. The van der Waals surface area contributed by atoms with Gasteiger partial charge in [0.15, 0.2) is 6.10 Å². The van der Waals surface area contributed by atoms with Gasteiger partial charge in [-0.05, 0) is 25.8 Å². The Morgan fingerprint density at radius 2 is 0.962 bits per heavy atom. The number of hydrogen-bond acceptors (Lipinski definition) is 13. The van der Waals surface area contributed by atoms with Crippen molar-refractivity contribution in [3.63, 3.8) is 0 Å². The van der Waals surface area contributed by atoms with Gasteiger partial charge in [-0.15, -0.1) is 0 Å². The van der Waals surface area contributed by atoms with Crippen molar-refractivity contribution >= 4 is 19.8 Å². The lowest BCUT2D eigenvalue weighted by Crippen LogP contribution is -2.64. The second-order valence-electron chi connectivity index (χ2n) is 14.3. The molecule has 1 fully saturated rings. The minimum atomic E-state index is -5.11. The first-order valence-electron chi connectivity index (χ1n) is 20.0. The summed E-state index contributed by atoms with van der Waals surface area (Å²) in [5.41, 5.74) is 5.52. The Labute approximate surface area is 311 Å². The van der Waals surface area contributed by atoms with Crippen LogP contribution in [0.2, 0.25) is 0 Å². The van der Waals surface area contributed by atoms with Gasteiger partial charge < -0.3 is 45.6 Å². The second-order valence-corrected chi connectivity index (χ2v) is 15.7. The first kappa shape index (κ1) is 48.8. The van der Waals surface area contributed by atoms with E-state index in [4.69, 9.17) is 24.3 Å². The van der Waals surface area contributed by atoms with E-state index in [1.54, 1.807) is 0 Å². The van der Waals surface area contributed by atoms with E-state index in [1.165, 1.54) is 64.2 Å². The Balaban J connectivity index is 2.52. The van der Waals surface area contributed by atoms with Crippen molar-refractivity contribution in [3.8, 4) is 0 Å². The molecule has 8 atom stereocenters. The molecule has 14 nitrogen and oxygen atoms in total. The highest BCUT2D eigenvalue weighted by molar-refractivity contribution is 7.47. The fraction of sp³-hybridized carbons (Fsp3) is 0.946. The van der Waals surface area contributed by atoms with Crippen LogP contribution in [0.3, 0.4) is 0 Å². The molecule has 52 heavy (non-hydrogen) atoms. The lowest BCUT2D eigenvalue weighted by Gasteiger charge is -2.41. The standard InChI is InChI=1S/C37H72NO13P/c1-2-3-4-5-6-7-8-9-10-12-16-19-22-25-31(40)50-29(27-48-30(39)24-21-18-15-13-11-14-17-20-23-26-38)28-49-52(46,47)51-37-35(44)33(42)32(41)34(43)36(37)45/h29,32-37,41-45H,2-28,38H2,1H3,(H,46,47)/t29-,32?,33-,34+,35-,36-,37?/m1/s1. The van der Waals surface area contributed by atoms with Crippen LogP contribution in [0.5, 0.6) is 0 Å². The summed E-state index contributed by atoms with van der Waals surface area (Å²) < 4.78 is 33.3. The molecule has 0 saturated heterocycles. The number of phosphoric acid groups is 1. The van der Waals surface area contributed by atoms with E-state index in [-0.39, 0.29) is 12.8 Å². The number of nitrogens with two attached hydrogens (primary N) is 1. The maximum Gasteiger partial charge on any atom is 0.472 e. The van der Waals surface area contributed by atoms with E-state index in [0.29, 0.717) is 12.8 Å². The predicted molar refractivity (Wildman–Crippen MR) is 197 cm³/mol. The molecule has 0 aliphatic heterocycles. The molecule has 8 N–H and O–H groups in total. The van der Waals surface area contributed by atoms with Crippen molar-refractivity contribution in [3.05, 3.63) is 0 Å². The zero-order chi connectivity index (χ0) is 38.6. The van der Waals surface area contributed by atoms with Crippen LogP contribution < -0.4 is 5.73 Å². The van der Waals surface area contributed by atoms with Crippen molar-refractivity contribution in [1.29, 1.82) is 0 Å². The average molecular weight is 770 g/mol. The number of aliphatic hydroxyl groups excluding tert-OH is 5. The van der Waals surface area contributed by atoms with E-state index in [9.17, 15) is 44.6 Å². The van der Waals surface area contributed by atoms with Crippen molar-refractivity contribution in [1.82, 2.24) is 0 Å². The number of rotatable bonds is 33. The van der Waals surface area contributed by atoms with Crippen LogP contribution >= 0.6 is 7.82 Å². The summed E-state index contributed by atoms with van der Waals surface area (Å²) in [6, 6.07) is 0. The van der Waals surface area contributed by atoms with E-state index in [2.05, 4.69) is 6.92 Å². The van der Waals surface area contributed by atoms with Gasteiger partial charge in [-0.1, -0.05) is 129 Å². The monoisotopic (exact) mass is 769 g/mol. The van der Waals surface area contributed by atoms with Gasteiger partial charge in [0.05, 0.1) is 6.61 Å². The Kier molecular flexibility index (Phi) is 28.2. The van der Waals surface area contributed by atoms with Gasteiger partial charge in [-0.25, -0.2) is 4.57 Å². The molecule has 1 aliphatic rings. The summed E-state index contributed by atoms with van der Waals surface area (Å²) in [7, 11) is -5.11. The molecule has 0 aromatic heterocycles. The normalized spacial score (nSPS) is 23.6. The molecule has 3 unspecified atom stereocenters. The van der Waals surface area contributed by atoms with Crippen LogP contribution in [-0.2, 0) is 32.7 Å². The fourth-order valence-electron chi connectivity index (χ4n) is 6.24. The van der Waals surface area contributed by atoms with Gasteiger partial charge in [-0.2, -0.15) is 0 Å². The van der Waals surface area contributed by atoms with Crippen LogP contribution in [0, 0.1) is 0 Å². The Morgan fingerprint density at radius 1 is 0.577 bits per heavy atom. The Morgan fingerprint density at radius 3 is 1.40 bits per heavy atom. The lowest BCUT2D eigenvalue weighted by molar-refractivity contribution is -0.220. The van der Waals surface area contributed by atoms with Crippen molar-refractivity contribution in [2.24, 2.45) is 5.73 Å². The molecule has 1 rings (SSSR count). The second kappa shape index (κ2) is 30.1. The minimum absolute atomic E-state index is 0.0983. The van der Waals surface area contributed by atoms with Crippen LogP contribution in [-0.4, -0.2) is 105 Å². The van der Waals surface area contributed by atoms with Crippen LogP contribution in [0.25, 0.3) is 0 Å². The van der Waals surface area contributed by atoms with Gasteiger partial charge in [0, 0.05) is 12.8 Å². The van der Waals surface area contributed by atoms with E-state index < -0.39 is 75.7 Å². The summed E-state index contributed by atoms with van der Waals surface area (Å²) in [6.07, 6.45) is 11.3. The van der Waals surface area contributed by atoms with Crippen molar-refractivity contribution in [2.45, 2.75) is 204 Å². The highest BCUT2D eigenvalue weighted by Gasteiger charge is 2.51. The largest absolute Gasteiger partial charge is 0.472 e. The van der Waals surface area contributed by atoms with Gasteiger partial charge >= 0.3 is 19.8 Å². The zero-order valence-corrected chi connectivity index (χ0v) is 32.6. The molecule has 0 heterocycles. The highest BCUT2D eigenvalue weighted by Crippen LogP contribution is 2.47. The van der Waals surface area contributed by atoms with Crippen LogP contribution in [0.4, 0.5) is 0 Å². The van der Waals surface area contributed by atoms with Gasteiger partial charge in [-0.3, -0.25) is 18.6 Å². The molecule has 0 bridgehead atoms. The maximum atomic E-state index is 12.7. The number of carbonyl (C=O) groups excluding carboxylic acids is 2. The molecule has 1 aliphatic carbocycles. The maximum absolute atomic E-state index is 12.7. The Bertz CT molecular complexity index is 945. The molecular formula is C37H72NO13P. The van der Waals surface area contributed by atoms with Gasteiger partial charge in [0.2, 0.25) is 0 Å².